The van der Waals surface area contributed by atoms with E-state index in [0.29, 0.717) is 12.1 Å². The maximum absolute atomic E-state index is 12.2. The Labute approximate surface area is 109 Å². The van der Waals surface area contributed by atoms with E-state index >= 15 is 0 Å². The summed E-state index contributed by atoms with van der Waals surface area (Å²) in [6.45, 7) is 2.08. The maximum Gasteiger partial charge on any atom is 0.251 e. The largest absolute Gasteiger partial charge is 0.349 e. The summed E-state index contributed by atoms with van der Waals surface area (Å²) in [6.07, 6.45) is 4.92. The first-order chi connectivity index (χ1) is 8.70. The van der Waals surface area contributed by atoms with Crippen LogP contribution in [0.2, 0.25) is 0 Å². The Morgan fingerprint density at radius 1 is 1.28 bits per heavy atom. The average Bonchev–Trinajstić information content (AvgIpc) is 2.41. The van der Waals surface area contributed by atoms with Crippen molar-refractivity contribution in [1.82, 2.24) is 5.32 Å². The monoisotopic (exact) mass is 246 g/mol. The van der Waals surface area contributed by atoms with Crippen LogP contribution in [0, 0.1) is 0 Å². The molecule has 1 saturated carbocycles. The van der Waals surface area contributed by atoms with E-state index in [1.807, 2.05) is 24.3 Å². The Kier molecular flexibility index (Phi) is 4.37. The predicted octanol–water partition coefficient (Wildman–Crippen LogP) is 2.25. The first-order valence-corrected chi connectivity index (χ1v) is 6.85. The fraction of sp³-hybridized carbons (Fsp3) is 0.533. The number of carbonyl (C=O) groups excluding carboxylic acids is 1. The van der Waals surface area contributed by atoms with Gasteiger partial charge in [-0.3, -0.25) is 4.79 Å². The normalized spacial score (nSPS) is 23.7. The summed E-state index contributed by atoms with van der Waals surface area (Å²) in [5, 5.41) is 3.14. The van der Waals surface area contributed by atoms with Crippen molar-refractivity contribution >= 4 is 5.91 Å². The van der Waals surface area contributed by atoms with Crippen LogP contribution in [0.4, 0.5) is 0 Å². The minimum absolute atomic E-state index is 0.0629. The van der Waals surface area contributed by atoms with Crippen molar-refractivity contribution in [2.45, 2.75) is 51.1 Å². The average molecular weight is 246 g/mol. The number of nitrogens with two attached hydrogens (primary N) is 1. The molecule has 3 heteroatoms. The number of hydrogen-bond acceptors (Lipinski definition) is 2. The van der Waals surface area contributed by atoms with Crippen molar-refractivity contribution in [3.63, 3.8) is 0 Å². The minimum atomic E-state index is 0.0629. The number of hydrogen-bond donors (Lipinski definition) is 2. The summed E-state index contributed by atoms with van der Waals surface area (Å²) in [4.78, 5) is 12.2. The van der Waals surface area contributed by atoms with Gasteiger partial charge in [-0.25, -0.2) is 0 Å². The van der Waals surface area contributed by atoms with E-state index in [1.165, 1.54) is 0 Å². The highest BCUT2D eigenvalue weighted by atomic mass is 16.1. The molecule has 1 amide bonds. The van der Waals surface area contributed by atoms with Crippen LogP contribution >= 0.6 is 0 Å². The zero-order valence-corrected chi connectivity index (χ0v) is 11.0. The van der Waals surface area contributed by atoms with Crippen LogP contribution in [0.3, 0.4) is 0 Å². The van der Waals surface area contributed by atoms with Gasteiger partial charge in [0, 0.05) is 17.6 Å². The van der Waals surface area contributed by atoms with E-state index in [2.05, 4.69) is 12.2 Å². The third kappa shape index (κ3) is 3.10. The number of carbonyl (C=O) groups is 1. The predicted molar refractivity (Wildman–Crippen MR) is 73.5 cm³/mol. The Morgan fingerprint density at radius 2 is 1.94 bits per heavy atom. The second-order valence-corrected chi connectivity index (χ2v) is 5.10. The fourth-order valence-corrected chi connectivity index (χ4v) is 2.58. The molecule has 0 radical (unpaired) electrons. The Morgan fingerprint density at radius 3 is 2.61 bits per heavy atom. The maximum atomic E-state index is 12.2. The van der Waals surface area contributed by atoms with Crippen LogP contribution in [0.1, 0.15) is 48.5 Å². The van der Waals surface area contributed by atoms with Crippen LogP contribution in [0.25, 0.3) is 0 Å². The first kappa shape index (κ1) is 13.1. The van der Waals surface area contributed by atoms with E-state index in [0.717, 1.165) is 43.2 Å². The van der Waals surface area contributed by atoms with Crippen LogP contribution in [-0.2, 0) is 6.42 Å². The van der Waals surface area contributed by atoms with Gasteiger partial charge in [0.1, 0.15) is 0 Å². The van der Waals surface area contributed by atoms with Gasteiger partial charge in [-0.1, -0.05) is 25.1 Å². The molecule has 0 saturated heterocycles. The zero-order valence-electron chi connectivity index (χ0n) is 11.0. The zero-order chi connectivity index (χ0) is 13.0. The van der Waals surface area contributed by atoms with Crippen molar-refractivity contribution in [3.05, 3.63) is 35.4 Å². The topological polar surface area (TPSA) is 55.1 Å². The molecule has 0 spiro atoms. The molecule has 0 unspecified atom stereocenters. The Balaban J connectivity index is 1.99. The third-order valence-corrected chi connectivity index (χ3v) is 3.75. The van der Waals surface area contributed by atoms with Gasteiger partial charge in [0.2, 0.25) is 0 Å². The van der Waals surface area contributed by atoms with Crippen LogP contribution < -0.4 is 11.1 Å². The number of amides is 1. The lowest BCUT2D eigenvalue weighted by Gasteiger charge is -2.27. The second-order valence-electron chi connectivity index (χ2n) is 5.10. The Hall–Kier alpha value is -1.35. The van der Waals surface area contributed by atoms with Gasteiger partial charge in [0.05, 0.1) is 0 Å². The smallest absolute Gasteiger partial charge is 0.251 e. The summed E-state index contributed by atoms with van der Waals surface area (Å²) in [6, 6.07) is 8.44. The van der Waals surface area contributed by atoms with Crippen LogP contribution in [-0.4, -0.2) is 18.0 Å². The summed E-state index contributed by atoms with van der Waals surface area (Å²) in [5.41, 5.74) is 7.80. The highest BCUT2D eigenvalue weighted by Crippen LogP contribution is 2.18. The van der Waals surface area contributed by atoms with Gasteiger partial charge < -0.3 is 11.1 Å². The van der Waals surface area contributed by atoms with E-state index in [1.54, 1.807) is 0 Å². The molecule has 2 rings (SSSR count). The number of benzene rings is 1. The van der Waals surface area contributed by atoms with Crippen molar-refractivity contribution in [1.29, 1.82) is 0 Å². The molecule has 1 fully saturated rings. The van der Waals surface area contributed by atoms with Gasteiger partial charge in [0.15, 0.2) is 0 Å². The number of aryl methyl sites for hydroxylation is 1. The standard InChI is InChI=1S/C15H22N2O/c1-2-11-5-3-4-6-14(11)15(18)17-13-9-7-12(16)8-10-13/h3-6,12-13H,2,7-10,16H2,1H3,(H,17,18). The number of rotatable bonds is 3. The SMILES string of the molecule is CCc1ccccc1C(=O)NC1CCC(N)CC1. The Bertz CT molecular complexity index is 409. The molecule has 3 nitrogen and oxygen atoms in total. The minimum Gasteiger partial charge on any atom is -0.349 e. The molecular formula is C15H22N2O. The molecule has 1 aromatic rings. The lowest BCUT2D eigenvalue weighted by molar-refractivity contribution is 0.0925. The molecule has 0 aliphatic heterocycles. The second kappa shape index (κ2) is 6.01. The molecule has 0 bridgehead atoms. The molecule has 98 valence electrons. The van der Waals surface area contributed by atoms with Gasteiger partial charge in [-0.05, 0) is 43.7 Å². The van der Waals surface area contributed by atoms with E-state index in [9.17, 15) is 4.79 Å². The molecule has 0 atom stereocenters. The molecule has 0 aromatic heterocycles. The molecule has 18 heavy (non-hydrogen) atoms. The summed E-state index contributed by atoms with van der Waals surface area (Å²) in [7, 11) is 0. The molecule has 1 aliphatic carbocycles. The lowest BCUT2D eigenvalue weighted by atomic mass is 9.91. The van der Waals surface area contributed by atoms with Gasteiger partial charge in [0.25, 0.3) is 5.91 Å². The molecule has 1 aromatic carbocycles. The van der Waals surface area contributed by atoms with Gasteiger partial charge in [-0.2, -0.15) is 0 Å². The fourth-order valence-electron chi connectivity index (χ4n) is 2.58. The molecule has 0 heterocycles. The highest BCUT2D eigenvalue weighted by molar-refractivity contribution is 5.95. The van der Waals surface area contributed by atoms with Crippen molar-refractivity contribution in [2.75, 3.05) is 0 Å². The quantitative estimate of drug-likeness (QED) is 0.859. The van der Waals surface area contributed by atoms with Crippen molar-refractivity contribution < 1.29 is 4.79 Å². The summed E-state index contributed by atoms with van der Waals surface area (Å²) in [5.74, 6) is 0.0629. The third-order valence-electron chi connectivity index (χ3n) is 3.75. The van der Waals surface area contributed by atoms with E-state index in [-0.39, 0.29) is 5.91 Å². The van der Waals surface area contributed by atoms with Gasteiger partial charge in [-0.15, -0.1) is 0 Å². The van der Waals surface area contributed by atoms with Gasteiger partial charge >= 0.3 is 0 Å². The summed E-state index contributed by atoms with van der Waals surface area (Å²) >= 11 is 0. The highest BCUT2D eigenvalue weighted by Gasteiger charge is 2.21. The summed E-state index contributed by atoms with van der Waals surface area (Å²) < 4.78 is 0. The number of nitrogens with one attached hydrogen (secondary N) is 1. The van der Waals surface area contributed by atoms with Crippen LogP contribution in [0.15, 0.2) is 24.3 Å². The van der Waals surface area contributed by atoms with Crippen molar-refractivity contribution in [2.24, 2.45) is 5.73 Å². The van der Waals surface area contributed by atoms with E-state index in [4.69, 9.17) is 5.73 Å². The van der Waals surface area contributed by atoms with Crippen LogP contribution in [0.5, 0.6) is 0 Å². The van der Waals surface area contributed by atoms with E-state index < -0.39 is 0 Å². The molecular weight excluding hydrogens is 224 g/mol. The molecule has 3 N–H and O–H groups in total. The van der Waals surface area contributed by atoms with Crippen molar-refractivity contribution in [3.8, 4) is 0 Å². The molecule has 1 aliphatic rings. The first-order valence-electron chi connectivity index (χ1n) is 6.85. The lowest BCUT2D eigenvalue weighted by Crippen LogP contribution is -2.40.